The summed E-state index contributed by atoms with van der Waals surface area (Å²) < 4.78 is 11.1. The zero-order valence-corrected chi connectivity index (χ0v) is 16.2. The van der Waals surface area contributed by atoms with Crippen LogP contribution in [0.4, 0.5) is 11.6 Å². The summed E-state index contributed by atoms with van der Waals surface area (Å²) in [6.07, 6.45) is 1.61. The lowest BCUT2D eigenvalue weighted by molar-refractivity contribution is 0.102. The highest BCUT2D eigenvalue weighted by Crippen LogP contribution is 2.32. The van der Waals surface area contributed by atoms with Crippen LogP contribution in [0.3, 0.4) is 0 Å². The van der Waals surface area contributed by atoms with Crippen LogP contribution < -0.4 is 19.7 Å². The Morgan fingerprint density at radius 1 is 1.07 bits per heavy atom. The topological polar surface area (TPSA) is 76.6 Å². The summed E-state index contributed by atoms with van der Waals surface area (Å²) in [5, 5.41) is 2.86. The molecule has 1 N–H and O–H groups in total. The third-order valence-electron chi connectivity index (χ3n) is 4.56. The minimum absolute atomic E-state index is 0.302. The van der Waals surface area contributed by atoms with Crippen LogP contribution in [0.25, 0.3) is 0 Å². The summed E-state index contributed by atoms with van der Waals surface area (Å²) >= 11 is 0. The fraction of sp³-hybridized carbons (Fsp3) is 0.227. The molecule has 3 aromatic rings. The normalized spacial score (nSPS) is 12.3. The number of fused-ring (bicyclic) bond motifs is 1. The largest absolute Gasteiger partial charge is 0.486 e. The van der Waals surface area contributed by atoms with Gasteiger partial charge in [0.1, 0.15) is 18.9 Å². The van der Waals surface area contributed by atoms with Gasteiger partial charge in [0.25, 0.3) is 5.91 Å². The monoisotopic (exact) mass is 390 g/mol. The van der Waals surface area contributed by atoms with E-state index in [2.05, 4.69) is 27.4 Å². The number of carbonyl (C=O) groups excluding carboxylic acids is 1. The Bertz CT molecular complexity index is 994. The predicted molar refractivity (Wildman–Crippen MR) is 111 cm³/mol. The van der Waals surface area contributed by atoms with Crippen molar-refractivity contribution in [3.63, 3.8) is 0 Å². The lowest BCUT2D eigenvalue weighted by atomic mass is 10.2. The number of anilines is 2. The number of hydrogen-bond acceptors (Lipinski definition) is 6. The van der Waals surface area contributed by atoms with Crippen molar-refractivity contribution in [2.24, 2.45) is 0 Å². The van der Waals surface area contributed by atoms with E-state index in [0.717, 1.165) is 12.1 Å². The Morgan fingerprint density at radius 3 is 2.66 bits per heavy atom. The van der Waals surface area contributed by atoms with Crippen LogP contribution >= 0.6 is 0 Å². The summed E-state index contributed by atoms with van der Waals surface area (Å²) in [7, 11) is 0. The predicted octanol–water partition coefficient (Wildman–Crippen LogP) is 3.53. The van der Waals surface area contributed by atoms with Crippen LogP contribution in [0.2, 0.25) is 0 Å². The van der Waals surface area contributed by atoms with E-state index < -0.39 is 0 Å². The van der Waals surface area contributed by atoms with Gasteiger partial charge in [0.05, 0.1) is 0 Å². The lowest BCUT2D eigenvalue weighted by Gasteiger charge is -2.21. The number of aromatic nitrogens is 2. The first-order chi connectivity index (χ1) is 14.2. The number of ether oxygens (including phenoxy) is 2. The van der Waals surface area contributed by atoms with Gasteiger partial charge in [-0.1, -0.05) is 30.3 Å². The molecule has 0 atom stereocenters. The average Bonchev–Trinajstić information content (AvgIpc) is 2.78. The quantitative estimate of drug-likeness (QED) is 0.694. The fourth-order valence-electron chi connectivity index (χ4n) is 3.07. The first-order valence-corrected chi connectivity index (χ1v) is 9.56. The maximum absolute atomic E-state index is 12.7. The number of rotatable bonds is 6. The molecular formula is C22H22N4O3. The van der Waals surface area contributed by atoms with Crippen LogP contribution in [0, 0.1) is 0 Å². The van der Waals surface area contributed by atoms with E-state index in [1.54, 1.807) is 30.5 Å². The fourth-order valence-corrected chi connectivity index (χ4v) is 3.07. The average molecular weight is 390 g/mol. The van der Waals surface area contributed by atoms with Crippen molar-refractivity contribution in [2.75, 3.05) is 30.0 Å². The zero-order chi connectivity index (χ0) is 20.1. The van der Waals surface area contributed by atoms with E-state index in [9.17, 15) is 4.79 Å². The molecular weight excluding hydrogens is 368 g/mol. The van der Waals surface area contributed by atoms with Gasteiger partial charge in [-0.15, -0.1) is 0 Å². The molecule has 2 aromatic carbocycles. The molecule has 1 aromatic heterocycles. The lowest BCUT2D eigenvalue weighted by Crippen LogP contribution is -2.25. The highest BCUT2D eigenvalue weighted by Gasteiger charge is 2.16. The number of carbonyl (C=O) groups is 1. The van der Waals surface area contributed by atoms with E-state index in [-0.39, 0.29) is 5.91 Å². The molecule has 0 saturated carbocycles. The molecule has 7 heteroatoms. The Kier molecular flexibility index (Phi) is 5.56. The van der Waals surface area contributed by atoms with Crippen LogP contribution in [-0.4, -0.2) is 35.6 Å². The number of amides is 1. The van der Waals surface area contributed by atoms with E-state index in [1.807, 2.05) is 30.0 Å². The van der Waals surface area contributed by atoms with E-state index in [4.69, 9.17) is 9.47 Å². The summed E-state index contributed by atoms with van der Waals surface area (Å²) in [5.74, 6) is 1.52. The third-order valence-corrected chi connectivity index (χ3v) is 4.56. The maximum atomic E-state index is 12.7. The minimum Gasteiger partial charge on any atom is -0.486 e. The molecule has 0 unspecified atom stereocenters. The van der Waals surface area contributed by atoms with Gasteiger partial charge < -0.3 is 19.7 Å². The molecule has 2 heterocycles. The third kappa shape index (κ3) is 4.45. The summed E-state index contributed by atoms with van der Waals surface area (Å²) in [6, 6.07) is 17.0. The number of hydrogen-bond donors (Lipinski definition) is 1. The van der Waals surface area contributed by atoms with Gasteiger partial charge >= 0.3 is 0 Å². The second kappa shape index (κ2) is 8.60. The summed E-state index contributed by atoms with van der Waals surface area (Å²) in [6.45, 7) is 4.45. The Labute approximate surface area is 169 Å². The molecule has 1 amide bonds. The van der Waals surface area contributed by atoms with Gasteiger partial charge in [-0.2, -0.15) is 0 Å². The van der Waals surface area contributed by atoms with E-state index >= 15 is 0 Å². The van der Waals surface area contributed by atoms with Crippen molar-refractivity contribution >= 4 is 17.5 Å². The van der Waals surface area contributed by atoms with Gasteiger partial charge in [0.2, 0.25) is 5.95 Å². The number of nitrogens with zero attached hydrogens (tertiary/aromatic N) is 3. The highest BCUT2D eigenvalue weighted by atomic mass is 16.6. The molecule has 29 heavy (non-hydrogen) atoms. The molecule has 7 nitrogen and oxygen atoms in total. The molecule has 0 aliphatic carbocycles. The van der Waals surface area contributed by atoms with Gasteiger partial charge in [-0.25, -0.2) is 9.97 Å². The number of benzene rings is 2. The highest BCUT2D eigenvalue weighted by molar-refractivity contribution is 6.03. The number of nitrogens with one attached hydrogen (secondary N) is 1. The Morgan fingerprint density at radius 2 is 1.86 bits per heavy atom. The molecule has 1 aliphatic heterocycles. The SMILES string of the molecule is CCN(Cc1ccccc1)c1nccc(C(=O)Nc2ccc3c(c2)OCCO3)n1. The van der Waals surface area contributed by atoms with Crippen LogP contribution in [-0.2, 0) is 6.54 Å². The molecule has 1 aliphatic rings. The second-order valence-corrected chi connectivity index (χ2v) is 6.55. The van der Waals surface area contributed by atoms with Crippen molar-refractivity contribution < 1.29 is 14.3 Å². The van der Waals surface area contributed by atoms with Crippen molar-refractivity contribution in [3.05, 3.63) is 72.1 Å². The summed E-state index contributed by atoms with van der Waals surface area (Å²) in [4.78, 5) is 23.6. The molecule has 0 spiro atoms. The maximum Gasteiger partial charge on any atom is 0.274 e. The molecule has 0 bridgehead atoms. The van der Waals surface area contributed by atoms with E-state index in [0.29, 0.717) is 48.6 Å². The molecule has 0 saturated heterocycles. The van der Waals surface area contributed by atoms with Crippen molar-refractivity contribution in [2.45, 2.75) is 13.5 Å². The molecule has 148 valence electrons. The van der Waals surface area contributed by atoms with Crippen molar-refractivity contribution in [3.8, 4) is 11.5 Å². The second-order valence-electron chi connectivity index (χ2n) is 6.55. The van der Waals surface area contributed by atoms with Crippen LogP contribution in [0.5, 0.6) is 11.5 Å². The van der Waals surface area contributed by atoms with Crippen molar-refractivity contribution in [1.82, 2.24) is 9.97 Å². The van der Waals surface area contributed by atoms with Crippen molar-refractivity contribution in [1.29, 1.82) is 0 Å². The zero-order valence-electron chi connectivity index (χ0n) is 16.2. The first kappa shape index (κ1) is 18.7. The van der Waals surface area contributed by atoms with Crippen LogP contribution in [0.15, 0.2) is 60.8 Å². The van der Waals surface area contributed by atoms with Gasteiger partial charge in [0.15, 0.2) is 11.5 Å². The standard InChI is InChI=1S/C22H22N4O3/c1-2-26(15-16-6-4-3-5-7-16)22-23-11-10-18(25-22)21(27)24-17-8-9-19-20(14-17)29-13-12-28-19/h3-11,14H,2,12-13,15H2,1H3,(H,24,27). The Balaban J connectivity index is 1.49. The summed E-state index contributed by atoms with van der Waals surface area (Å²) in [5.41, 5.74) is 2.08. The molecule has 0 fully saturated rings. The Hall–Kier alpha value is -3.61. The van der Waals surface area contributed by atoms with Gasteiger partial charge in [0, 0.05) is 31.0 Å². The van der Waals surface area contributed by atoms with Gasteiger partial charge in [-0.3, -0.25) is 4.79 Å². The van der Waals surface area contributed by atoms with E-state index in [1.165, 1.54) is 0 Å². The first-order valence-electron chi connectivity index (χ1n) is 9.56. The molecule has 4 rings (SSSR count). The molecule has 0 radical (unpaired) electrons. The minimum atomic E-state index is -0.305. The van der Waals surface area contributed by atoms with Crippen LogP contribution in [0.1, 0.15) is 23.0 Å². The van der Waals surface area contributed by atoms with Gasteiger partial charge in [-0.05, 0) is 30.7 Å². The smallest absolute Gasteiger partial charge is 0.274 e.